The van der Waals surface area contributed by atoms with Gasteiger partial charge in [0.05, 0.1) is 16.9 Å². The molecule has 0 bridgehead atoms. The van der Waals surface area contributed by atoms with Gasteiger partial charge < -0.3 is 19.6 Å². The Morgan fingerprint density at radius 1 is 1.15 bits per heavy atom. The van der Waals surface area contributed by atoms with Crippen LogP contribution in [-0.4, -0.2) is 28.3 Å². The van der Waals surface area contributed by atoms with Gasteiger partial charge in [-0.25, -0.2) is 0 Å². The Hall–Kier alpha value is -2.76. The average Bonchev–Trinajstić information content (AvgIpc) is 3.17. The Kier molecular flexibility index (Phi) is 2.45. The predicted molar refractivity (Wildman–Crippen MR) is 73.5 cm³/mol. The molecule has 0 radical (unpaired) electrons. The summed E-state index contributed by atoms with van der Waals surface area (Å²) in [4.78, 5) is 7.47. The predicted octanol–water partition coefficient (Wildman–Crippen LogP) is 2.54. The SMILES string of the molecule is c1c[nH]c(-c2noc(-c3cccc4c3OCCN4)n2)c1. The molecule has 3 aromatic rings. The molecular weight excluding hydrogens is 256 g/mol. The van der Waals surface area contributed by atoms with Crippen molar-refractivity contribution in [2.24, 2.45) is 0 Å². The van der Waals surface area contributed by atoms with Crippen LogP contribution in [0.4, 0.5) is 5.69 Å². The van der Waals surface area contributed by atoms with Gasteiger partial charge in [0.2, 0.25) is 5.82 Å². The first-order valence-electron chi connectivity index (χ1n) is 6.39. The fourth-order valence-corrected chi connectivity index (χ4v) is 2.25. The molecule has 2 aromatic heterocycles. The maximum atomic E-state index is 5.71. The second-order valence-corrected chi connectivity index (χ2v) is 4.46. The molecule has 3 heterocycles. The number of nitrogens with zero attached hydrogens (tertiary/aromatic N) is 2. The zero-order valence-electron chi connectivity index (χ0n) is 10.6. The lowest BCUT2D eigenvalue weighted by atomic mass is 10.1. The van der Waals surface area contributed by atoms with Crippen LogP contribution in [-0.2, 0) is 0 Å². The van der Waals surface area contributed by atoms with Crippen molar-refractivity contribution in [1.29, 1.82) is 0 Å². The molecule has 100 valence electrons. The van der Waals surface area contributed by atoms with Gasteiger partial charge in [-0.2, -0.15) is 4.98 Å². The van der Waals surface area contributed by atoms with E-state index < -0.39 is 0 Å². The highest BCUT2D eigenvalue weighted by atomic mass is 16.5. The topological polar surface area (TPSA) is 76.0 Å². The van der Waals surface area contributed by atoms with Crippen LogP contribution in [0.2, 0.25) is 0 Å². The summed E-state index contributed by atoms with van der Waals surface area (Å²) >= 11 is 0. The second kappa shape index (κ2) is 4.41. The zero-order chi connectivity index (χ0) is 13.4. The van der Waals surface area contributed by atoms with Crippen LogP contribution in [0.25, 0.3) is 23.0 Å². The summed E-state index contributed by atoms with van der Waals surface area (Å²) < 4.78 is 11.1. The minimum Gasteiger partial charge on any atom is -0.489 e. The Morgan fingerprint density at radius 3 is 3.05 bits per heavy atom. The van der Waals surface area contributed by atoms with Crippen molar-refractivity contribution in [1.82, 2.24) is 15.1 Å². The van der Waals surface area contributed by atoms with E-state index in [-0.39, 0.29) is 0 Å². The van der Waals surface area contributed by atoms with Gasteiger partial charge in [0, 0.05) is 12.7 Å². The fourth-order valence-electron chi connectivity index (χ4n) is 2.25. The number of para-hydroxylation sites is 1. The molecule has 0 aliphatic carbocycles. The summed E-state index contributed by atoms with van der Waals surface area (Å²) in [6.07, 6.45) is 1.82. The number of anilines is 1. The minimum absolute atomic E-state index is 0.454. The molecule has 0 spiro atoms. The minimum atomic E-state index is 0.454. The number of rotatable bonds is 2. The summed E-state index contributed by atoms with van der Waals surface area (Å²) in [6, 6.07) is 9.61. The normalized spacial score (nSPS) is 13.4. The van der Waals surface area contributed by atoms with Crippen molar-refractivity contribution in [3.05, 3.63) is 36.5 Å². The van der Waals surface area contributed by atoms with E-state index in [1.165, 1.54) is 0 Å². The third-order valence-electron chi connectivity index (χ3n) is 3.17. The van der Waals surface area contributed by atoms with E-state index in [2.05, 4.69) is 20.4 Å². The van der Waals surface area contributed by atoms with Crippen LogP contribution in [0.5, 0.6) is 5.75 Å². The maximum Gasteiger partial charge on any atom is 0.262 e. The standard InChI is InChI=1S/C14H12N4O2/c1-3-9(12-10(4-1)16-7-8-19-12)14-17-13(18-20-14)11-5-2-6-15-11/h1-6,15-16H,7-8H2. The first-order valence-corrected chi connectivity index (χ1v) is 6.39. The average molecular weight is 268 g/mol. The largest absolute Gasteiger partial charge is 0.489 e. The molecule has 0 atom stereocenters. The van der Waals surface area contributed by atoms with Crippen molar-refractivity contribution in [2.75, 3.05) is 18.5 Å². The number of nitrogens with one attached hydrogen (secondary N) is 2. The third kappa shape index (κ3) is 1.73. The van der Waals surface area contributed by atoms with Gasteiger partial charge in [0.1, 0.15) is 6.61 Å². The Bertz CT molecular complexity index is 733. The quantitative estimate of drug-likeness (QED) is 0.747. The van der Waals surface area contributed by atoms with Crippen molar-refractivity contribution >= 4 is 5.69 Å². The molecule has 0 saturated carbocycles. The van der Waals surface area contributed by atoms with Crippen LogP contribution in [0.3, 0.4) is 0 Å². The Morgan fingerprint density at radius 2 is 2.15 bits per heavy atom. The van der Waals surface area contributed by atoms with Crippen LogP contribution in [0.1, 0.15) is 0 Å². The van der Waals surface area contributed by atoms with E-state index in [4.69, 9.17) is 9.26 Å². The number of benzene rings is 1. The van der Waals surface area contributed by atoms with E-state index in [1.807, 2.05) is 36.5 Å². The molecule has 4 rings (SSSR count). The number of hydrogen-bond acceptors (Lipinski definition) is 5. The summed E-state index contributed by atoms with van der Waals surface area (Å²) in [5, 5.41) is 7.28. The van der Waals surface area contributed by atoms with Crippen LogP contribution in [0, 0.1) is 0 Å². The van der Waals surface area contributed by atoms with Gasteiger partial charge >= 0.3 is 0 Å². The van der Waals surface area contributed by atoms with Gasteiger partial charge in [0.25, 0.3) is 5.89 Å². The molecule has 0 unspecified atom stereocenters. The van der Waals surface area contributed by atoms with Gasteiger partial charge in [-0.3, -0.25) is 0 Å². The van der Waals surface area contributed by atoms with Gasteiger partial charge in [-0.15, -0.1) is 0 Å². The van der Waals surface area contributed by atoms with E-state index in [9.17, 15) is 0 Å². The first-order chi connectivity index (χ1) is 9.92. The maximum absolute atomic E-state index is 5.71. The number of hydrogen-bond donors (Lipinski definition) is 2. The van der Waals surface area contributed by atoms with E-state index in [1.54, 1.807) is 0 Å². The number of aromatic nitrogens is 3. The molecule has 0 fully saturated rings. The summed E-state index contributed by atoms with van der Waals surface area (Å²) in [5.74, 6) is 1.75. The lowest BCUT2D eigenvalue weighted by Gasteiger charge is -2.20. The molecule has 2 N–H and O–H groups in total. The monoisotopic (exact) mass is 268 g/mol. The Labute approximate surface area is 114 Å². The number of ether oxygens (including phenoxy) is 1. The summed E-state index contributed by atoms with van der Waals surface area (Å²) in [6.45, 7) is 1.43. The second-order valence-electron chi connectivity index (χ2n) is 4.46. The van der Waals surface area contributed by atoms with Crippen LogP contribution >= 0.6 is 0 Å². The van der Waals surface area contributed by atoms with Gasteiger partial charge in [0.15, 0.2) is 5.75 Å². The molecule has 6 heteroatoms. The smallest absolute Gasteiger partial charge is 0.262 e. The lowest BCUT2D eigenvalue weighted by Crippen LogP contribution is -2.18. The third-order valence-corrected chi connectivity index (χ3v) is 3.17. The molecule has 20 heavy (non-hydrogen) atoms. The van der Waals surface area contributed by atoms with E-state index in [0.717, 1.165) is 29.2 Å². The summed E-state index contributed by atoms with van der Waals surface area (Å²) in [5.41, 5.74) is 2.58. The number of H-pyrrole nitrogens is 1. The Balaban J connectivity index is 1.78. The van der Waals surface area contributed by atoms with Crippen LogP contribution in [0.15, 0.2) is 41.1 Å². The van der Waals surface area contributed by atoms with Crippen molar-refractivity contribution in [2.45, 2.75) is 0 Å². The van der Waals surface area contributed by atoms with Crippen molar-refractivity contribution in [3.63, 3.8) is 0 Å². The number of aromatic amines is 1. The molecule has 6 nitrogen and oxygen atoms in total. The molecular formula is C14H12N4O2. The van der Waals surface area contributed by atoms with Gasteiger partial charge in [-0.05, 0) is 24.3 Å². The summed E-state index contributed by atoms with van der Waals surface area (Å²) in [7, 11) is 0. The van der Waals surface area contributed by atoms with E-state index in [0.29, 0.717) is 18.3 Å². The molecule has 1 aliphatic rings. The lowest BCUT2D eigenvalue weighted by molar-refractivity contribution is 0.322. The van der Waals surface area contributed by atoms with Crippen molar-refractivity contribution in [3.8, 4) is 28.7 Å². The highest BCUT2D eigenvalue weighted by molar-refractivity contribution is 5.75. The molecule has 1 aromatic carbocycles. The molecule has 0 amide bonds. The molecule has 0 saturated heterocycles. The fraction of sp³-hybridized carbons (Fsp3) is 0.143. The molecule has 1 aliphatic heterocycles. The van der Waals surface area contributed by atoms with Crippen LogP contribution < -0.4 is 10.1 Å². The number of fused-ring (bicyclic) bond motifs is 1. The highest BCUT2D eigenvalue weighted by Crippen LogP contribution is 2.37. The zero-order valence-corrected chi connectivity index (χ0v) is 10.6. The van der Waals surface area contributed by atoms with Gasteiger partial charge in [-0.1, -0.05) is 11.2 Å². The van der Waals surface area contributed by atoms with Crippen molar-refractivity contribution < 1.29 is 9.26 Å². The highest BCUT2D eigenvalue weighted by Gasteiger charge is 2.20. The van der Waals surface area contributed by atoms with E-state index >= 15 is 0 Å². The first kappa shape index (κ1) is 11.1.